The lowest BCUT2D eigenvalue weighted by Crippen LogP contribution is -2.28. The summed E-state index contributed by atoms with van der Waals surface area (Å²) in [4.78, 5) is 39.2. The summed E-state index contributed by atoms with van der Waals surface area (Å²) in [5.74, 6) is -0.380. The third-order valence-corrected chi connectivity index (χ3v) is 4.06. The Kier molecular flexibility index (Phi) is 5.94. The lowest BCUT2D eigenvalue weighted by Gasteiger charge is -2.03. The minimum atomic E-state index is -0.575. The standard InChI is InChI=1S/C15H14Cl2N4O3/c1-8-10(14(23)20-15(24)19-8)5-6-12(22)21-18-7-9-3-2-4-11(16)13(9)17/h2-4,7H,5-6H2,1H3,(H,21,22)(H2,19,20,23,24)/b18-7+. The summed E-state index contributed by atoms with van der Waals surface area (Å²) in [7, 11) is 0. The largest absolute Gasteiger partial charge is 0.325 e. The number of hydrogen-bond donors (Lipinski definition) is 3. The van der Waals surface area contributed by atoms with E-state index in [2.05, 4.69) is 20.5 Å². The molecule has 0 aliphatic carbocycles. The van der Waals surface area contributed by atoms with E-state index in [0.717, 1.165) is 0 Å². The number of nitrogens with zero attached hydrogens (tertiary/aromatic N) is 1. The van der Waals surface area contributed by atoms with Crippen molar-refractivity contribution in [1.82, 2.24) is 15.4 Å². The predicted molar refractivity (Wildman–Crippen MR) is 92.9 cm³/mol. The number of aromatic amines is 2. The number of halogens is 2. The van der Waals surface area contributed by atoms with Crippen molar-refractivity contribution in [3.8, 4) is 0 Å². The van der Waals surface area contributed by atoms with Crippen LogP contribution < -0.4 is 16.7 Å². The maximum atomic E-state index is 11.8. The van der Waals surface area contributed by atoms with Crippen LogP contribution in [-0.4, -0.2) is 22.1 Å². The van der Waals surface area contributed by atoms with Crippen molar-refractivity contribution >= 4 is 35.3 Å². The molecule has 126 valence electrons. The van der Waals surface area contributed by atoms with Crippen molar-refractivity contribution in [2.45, 2.75) is 19.8 Å². The van der Waals surface area contributed by atoms with Gasteiger partial charge in [0.1, 0.15) is 0 Å². The van der Waals surface area contributed by atoms with Gasteiger partial charge in [0.05, 0.1) is 16.3 Å². The number of nitrogens with one attached hydrogen (secondary N) is 3. The number of amides is 1. The number of benzene rings is 1. The normalized spacial score (nSPS) is 11.0. The molecule has 0 spiro atoms. The molecule has 0 aliphatic heterocycles. The Labute approximate surface area is 146 Å². The molecule has 1 heterocycles. The van der Waals surface area contributed by atoms with E-state index in [9.17, 15) is 14.4 Å². The second-order valence-electron chi connectivity index (χ2n) is 4.95. The van der Waals surface area contributed by atoms with Gasteiger partial charge in [-0.15, -0.1) is 0 Å². The van der Waals surface area contributed by atoms with Gasteiger partial charge in [-0.05, 0) is 19.4 Å². The van der Waals surface area contributed by atoms with Crippen LogP contribution in [0.15, 0.2) is 32.9 Å². The maximum absolute atomic E-state index is 11.8. The van der Waals surface area contributed by atoms with E-state index in [4.69, 9.17) is 23.2 Å². The molecule has 1 aromatic carbocycles. The molecule has 1 amide bonds. The first-order valence-corrected chi connectivity index (χ1v) is 7.72. The molecular weight excluding hydrogens is 355 g/mol. The van der Waals surface area contributed by atoms with E-state index in [0.29, 0.717) is 26.9 Å². The summed E-state index contributed by atoms with van der Waals surface area (Å²) in [5, 5.41) is 4.53. The van der Waals surface area contributed by atoms with Gasteiger partial charge in [0.15, 0.2) is 0 Å². The van der Waals surface area contributed by atoms with Gasteiger partial charge in [-0.1, -0.05) is 35.3 Å². The van der Waals surface area contributed by atoms with Gasteiger partial charge < -0.3 is 4.98 Å². The molecule has 3 N–H and O–H groups in total. The highest BCUT2D eigenvalue weighted by Gasteiger charge is 2.08. The number of carbonyl (C=O) groups is 1. The maximum Gasteiger partial charge on any atom is 0.325 e. The van der Waals surface area contributed by atoms with E-state index in [1.165, 1.54) is 6.21 Å². The summed E-state index contributed by atoms with van der Waals surface area (Å²) < 4.78 is 0. The molecule has 7 nitrogen and oxygen atoms in total. The van der Waals surface area contributed by atoms with Crippen LogP contribution in [0.25, 0.3) is 0 Å². The minimum absolute atomic E-state index is 0.0383. The van der Waals surface area contributed by atoms with Crippen molar-refractivity contribution in [3.05, 3.63) is 65.9 Å². The van der Waals surface area contributed by atoms with Crippen LogP contribution in [0.2, 0.25) is 10.0 Å². The van der Waals surface area contributed by atoms with Crippen LogP contribution >= 0.6 is 23.2 Å². The van der Waals surface area contributed by atoms with Crippen molar-refractivity contribution in [1.29, 1.82) is 0 Å². The first-order chi connectivity index (χ1) is 11.4. The van der Waals surface area contributed by atoms with Crippen LogP contribution in [0, 0.1) is 6.92 Å². The average molecular weight is 369 g/mol. The zero-order valence-electron chi connectivity index (χ0n) is 12.7. The summed E-state index contributed by atoms with van der Waals surface area (Å²) in [6.07, 6.45) is 1.60. The van der Waals surface area contributed by atoms with Gasteiger partial charge >= 0.3 is 5.69 Å². The topological polar surface area (TPSA) is 107 Å². The Morgan fingerprint density at radius 2 is 2.04 bits per heavy atom. The highest BCUT2D eigenvalue weighted by molar-refractivity contribution is 6.43. The van der Waals surface area contributed by atoms with Crippen molar-refractivity contribution in [3.63, 3.8) is 0 Å². The van der Waals surface area contributed by atoms with Gasteiger partial charge in [0.2, 0.25) is 5.91 Å². The molecule has 0 radical (unpaired) electrons. The molecule has 0 saturated carbocycles. The van der Waals surface area contributed by atoms with E-state index < -0.39 is 11.2 Å². The molecule has 1 aromatic heterocycles. The number of carbonyl (C=O) groups excluding carboxylic acids is 1. The molecule has 24 heavy (non-hydrogen) atoms. The van der Waals surface area contributed by atoms with Crippen LogP contribution in [0.4, 0.5) is 0 Å². The molecule has 0 saturated heterocycles. The van der Waals surface area contributed by atoms with Crippen LogP contribution in [-0.2, 0) is 11.2 Å². The summed E-state index contributed by atoms with van der Waals surface area (Å²) in [5.41, 5.74) is 2.62. The molecule has 0 unspecified atom stereocenters. The minimum Gasteiger partial charge on any atom is -0.311 e. The van der Waals surface area contributed by atoms with E-state index in [1.807, 2.05) is 0 Å². The summed E-state index contributed by atoms with van der Waals surface area (Å²) in [6, 6.07) is 5.06. The zero-order valence-corrected chi connectivity index (χ0v) is 14.2. The molecule has 2 aromatic rings. The lowest BCUT2D eigenvalue weighted by atomic mass is 10.1. The Morgan fingerprint density at radius 3 is 2.75 bits per heavy atom. The number of aryl methyl sites for hydroxylation is 1. The van der Waals surface area contributed by atoms with Gasteiger partial charge in [-0.25, -0.2) is 10.2 Å². The van der Waals surface area contributed by atoms with E-state index >= 15 is 0 Å². The molecule has 9 heteroatoms. The van der Waals surface area contributed by atoms with Crippen molar-refractivity contribution in [2.75, 3.05) is 0 Å². The van der Waals surface area contributed by atoms with Crippen molar-refractivity contribution in [2.24, 2.45) is 5.10 Å². The smallest absolute Gasteiger partial charge is 0.311 e. The highest BCUT2D eigenvalue weighted by atomic mass is 35.5. The summed E-state index contributed by atoms with van der Waals surface area (Å²) >= 11 is 11.9. The lowest BCUT2D eigenvalue weighted by molar-refractivity contribution is -0.121. The molecule has 0 bridgehead atoms. The third-order valence-electron chi connectivity index (χ3n) is 3.23. The van der Waals surface area contributed by atoms with Gasteiger partial charge in [0, 0.05) is 23.2 Å². The fourth-order valence-corrected chi connectivity index (χ4v) is 2.37. The summed E-state index contributed by atoms with van der Waals surface area (Å²) in [6.45, 7) is 1.60. The molecule has 2 rings (SSSR count). The monoisotopic (exact) mass is 368 g/mol. The van der Waals surface area contributed by atoms with Crippen LogP contribution in [0.3, 0.4) is 0 Å². The molecule has 0 fully saturated rings. The fraction of sp³-hybridized carbons (Fsp3) is 0.200. The van der Waals surface area contributed by atoms with Gasteiger partial charge in [-0.2, -0.15) is 5.10 Å². The Bertz CT molecular complexity index is 902. The molecule has 0 aliphatic rings. The van der Waals surface area contributed by atoms with Gasteiger partial charge in [0.25, 0.3) is 5.56 Å². The van der Waals surface area contributed by atoms with Gasteiger partial charge in [-0.3, -0.25) is 14.6 Å². The van der Waals surface area contributed by atoms with Crippen LogP contribution in [0.5, 0.6) is 0 Å². The van der Waals surface area contributed by atoms with Crippen molar-refractivity contribution < 1.29 is 4.79 Å². The first kappa shape index (κ1) is 18.0. The second-order valence-corrected chi connectivity index (χ2v) is 5.73. The van der Waals surface area contributed by atoms with Crippen LogP contribution in [0.1, 0.15) is 23.2 Å². The quantitative estimate of drug-likeness (QED) is 0.552. The number of rotatable bonds is 5. The highest BCUT2D eigenvalue weighted by Crippen LogP contribution is 2.24. The van der Waals surface area contributed by atoms with E-state index in [1.54, 1.807) is 25.1 Å². The second kappa shape index (κ2) is 7.94. The number of hydrazone groups is 1. The zero-order chi connectivity index (χ0) is 17.7. The third kappa shape index (κ3) is 4.56. The average Bonchev–Trinajstić information content (AvgIpc) is 2.50. The van der Waals surface area contributed by atoms with E-state index in [-0.39, 0.29) is 18.7 Å². The Balaban J connectivity index is 1.95. The number of aromatic nitrogens is 2. The SMILES string of the molecule is Cc1[nH]c(=O)[nH]c(=O)c1CCC(=O)N/N=C/c1cccc(Cl)c1Cl. The number of H-pyrrole nitrogens is 2. The predicted octanol–water partition coefficient (Wildman–Crippen LogP) is 1.76. The Morgan fingerprint density at radius 1 is 1.29 bits per heavy atom. The fourth-order valence-electron chi connectivity index (χ4n) is 2.02. The number of hydrogen-bond acceptors (Lipinski definition) is 4. The molecule has 0 atom stereocenters. The first-order valence-electron chi connectivity index (χ1n) is 6.96. The molecular formula is C15H14Cl2N4O3. The Hall–Kier alpha value is -2.38.